The van der Waals surface area contributed by atoms with Crippen molar-refractivity contribution in [3.8, 4) is 0 Å². The molecule has 0 bridgehead atoms. The highest BCUT2D eigenvalue weighted by Crippen LogP contribution is 2.12. The number of hydrogen-bond acceptors (Lipinski definition) is 6. The third kappa shape index (κ3) is 10.8. The van der Waals surface area contributed by atoms with Gasteiger partial charge in [0, 0.05) is 0 Å². The second kappa shape index (κ2) is 8.86. The third-order valence-corrected chi connectivity index (χ3v) is 2.71. The number of ether oxygens (including phenoxy) is 2. The normalized spacial score (nSPS) is 14.5. The monoisotopic (exact) mass is 346 g/mol. The number of amides is 1. The summed E-state index contributed by atoms with van der Waals surface area (Å²) in [5.74, 6) is -1.71. The molecule has 2 atom stereocenters. The quantitative estimate of drug-likeness (QED) is 0.600. The second-order valence-electron chi connectivity index (χ2n) is 7.61. The van der Waals surface area contributed by atoms with Gasteiger partial charge >= 0.3 is 18.0 Å². The number of hydrogen-bond donors (Lipinski definition) is 3. The summed E-state index contributed by atoms with van der Waals surface area (Å²) in [6.07, 6.45) is -0.0706. The number of nitrogens with one attached hydrogen (secondary N) is 1. The fourth-order valence-corrected chi connectivity index (χ4v) is 1.74. The highest BCUT2D eigenvalue weighted by molar-refractivity contribution is 5.80. The van der Waals surface area contributed by atoms with Crippen LogP contribution in [0.4, 0.5) is 4.79 Å². The van der Waals surface area contributed by atoms with E-state index in [0.717, 1.165) is 0 Å². The number of esters is 1. The average Bonchev–Trinajstić information content (AvgIpc) is 2.32. The Morgan fingerprint density at radius 3 is 1.92 bits per heavy atom. The first-order valence-electron chi connectivity index (χ1n) is 7.92. The molecule has 24 heavy (non-hydrogen) atoms. The molecule has 0 fully saturated rings. The second-order valence-corrected chi connectivity index (χ2v) is 7.61. The van der Waals surface area contributed by atoms with E-state index in [-0.39, 0.29) is 12.8 Å². The van der Waals surface area contributed by atoms with Crippen LogP contribution < -0.4 is 11.1 Å². The molecule has 0 aromatic rings. The van der Waals surface area contributed by atoms with E-state index in [0.29, 0.717) is 6.42 Å². The Kier molecular flexibility index (Phi) is 8.19. The van der Waals surface area contributed by atoms with Crippen LogP contribution in [0.1, 0.15) is 60.8 Å². The first kappa shape index (κ1) is 22.2. The molecular formula is C16H30N2O6. The highest BCUT2D eigenvalue weighted by atomic mass is 16.6. The summed E-state index contributed by atoms with van der Waals surface area (Å²) in [5, 5.41) is 11.5. The number of nitrogens with two attached hydrogens (primary N) is 1. The Balaban J connectivity index is 4.39. The van der Waals surface area contributed by atoms with Gasteiger partial charge in [-0.05, 0) is 60.8 Å². The lowest BCUT2D eigenvalue weighted by Crippen LogP contribution is -2.43. The fourth-order valence-electron chi connectivity index (χ4n) is 1.74. The molecular weight excluding hydrogens is 316 g/mol. The van der Waals surface area contributed by atoms with E-state index >= 15 is 0 Å². The van der Waals surface area contributed by atoms with Gasteiger partial charge in [0.2, 0.25) is 0 Å². The van der Waals surface area contributed by atoms with Gasteiger partial charge in [0.15, 0.2) is 0 Å². The summed E-state index contributed by atoms with van der Waals surface area (Å²) in [6.45, 7) is 10.3. The van der Waals surface area contributed by atoms with Crippen LogP contribution in [-0.2, 0) is 19.1 Å². The largest absolute Gasteiger partial charge is 0.480 e. The highest BCUT2D eigenvalue weighted by Gasteiger charge is 2.25. The Hall–Kier alpha value is -1.83. The number of aliphatic carboxylic acids is 1. The van der Waals surface area contributed by atoms with Crippen LogP contribution in [0.5, 0.6) is 0 Å². The fraction of sp³-hybridized carbons (Fsp3) is 0.812. The maximum Gasteiger partial charge on any atom is 0.408 e. The van der Waals surface area contributed by atoms with E-state index in [2.05, 4.69) is 5.32 Å². The Morgan fingerprint density at radius 2 is 1.50 bits per heavy atom. The molecule has 8 nitrogen and oxygen atoms in total. The lowest BCUT2D eigenvalue weighted by atomic mass is 10.1. The Morgan fingerprint density at radius 1 is 1.00 bits per heavy atom. The molecule has 0 rings (SSSR count). The van der Waals surface area contributed by atoms with Gasteiger partial charge < -0.3 is 25.6 Å². The van der Waals surface area contributed by atoms with E-state index in [4.69, 9.17) is 20.3 Å². The van der Waals surface area contributed by atoms with Gasteiger partial charge in [-0.3, -0.25) is 4.79 Å². The van der Waals surface area contributed by atoms with E-state index in [1.54, 1.807) is 41.5 Å². The number of rotatable bonds is 7. The molecule has 1 amide bonds. The predicted molar refractivity (Wildman–Crippen MR) is 88.5 cm³/mol. The van der Waals surface area contributed by atoms with Gasteiger partial charge in [-0.15, -0.1) is 0 Å². The molecule has 0 heterocycles. The number of carboxylic acids is 1. The van der Waals surface area contributed by atoms with Gasteiger partial charge in [0.05, 0.1) is 0 Å². The first-order valence-corrected chi connectivity index (χ1v) is 7.92. The molecule has 140 valence electrons. The standard InChI is InChI=1S/C16H30N2O6/c1-15(2,3)23-13(21)10(17)8-7-9-11(12(19)20)18-14(22)24-16(4,5)6/h10-11H,7-9,17H2,1-6H3,(H,18,22)(H,19,20)/t10-,11+/m1/s1. The van der Waals surface area contributed by atoms with Gasteiger partial charge in [-0.1, -0.05) is 0 Å². The molecule has 0 aliphatic carbocycles. The number of carboxylic acid groups (broad SMARTS) is 1. The van der Waals surface area contributed by atoms with Crippen molar-refractivity contribution in [2.45, 2.75) is 84.1 Å². The third-order valence-electron chi connectivity index (χ3n) is 2.71. The van der Waals surface area contributed by atoms with Crippen LogP contribution >= 0.6 is 0 Å². The van der Waals surface area contributed by atoms with Gasteiger partial charge in [0.1, 0.15) is 23.3 Å². The molecule has 4 N–H and O–H groups in total. The van der Waals surface area contributed by atoms with Crippen LogP contribution in [-0.4, -0.2) is 46.4 Å². The minimum absolute atomic E-state index is 0.130. The lowest BCUT2D eigenvalue weighted by Gasteiger charge is -2.23. The van der Waals surface area contributed by atoms with Crippen molar-refractivity contribution in [1.29, 1.82) is 0 Å². The number of carbonyl (C=O) groups excluding carboxylic acids is 2. The average molecular weight is 346 g/mol. The van der Waals surface area contributed by atoms with E-state index < -0.39 is 41.3 Å². The van der Waals surface area contributed by atoms with Crippen LogP contribution in [0, 0.1) is 0 Å². The van der Waals surface area contributed by atoms with Crippen molar-refractivity contribution in [2.75, 3.05) is 0 Å². The van der Waals surface area contributed by atoms with Crippen molar-refractivity contribution in [2.24, 2.45) is 5.73 Å². The zero-order chi connectivity index (χ0) is 19.1. The molecule has 0 spiro atoms. The van der Waals surface area contributed by atoms with Crippen molar-refractivity contribution in [3.05, 3.63) is 0 Å². The Labute approximate surface area is 143 Å². The SMILES string of the molecule is CC(C)(C)OC(=O)N[C@@H](CCC[C@@H](N)C(=O)OC(C)(C)C)C(=O)O. The predicted octanol–water partition coefficient (Wildman–Crippen LogP) is 1.80. The zero-order valence-electron chi connectivity index (χ0n) is 15.3. The molecule has 0 radical (unpaired) electrons. The molecule has 0 aliphatic rings. The van der Waals surface area contributed by atoms with Crippen LogP contribution in [0.3, 0.4) is 0 Å². The van der Waals surface area contributed by atoms with E-state index in [9.17, 15) is 14.4 Å². The van der Waals surface area contributed by atoms with E-state index in [1.807, 2.05) is 0 Å². The van der Waals surface area contributed by atoms with Crippen LogP contribution in [0.2, 0.25) is 0 Å². The summed E-state index contributed by atoms with van der Waals surface area (Å²) < 4.78 is 10.2. The van der Waals surface area contributed by atoms with Gasteiger partial charge in [-0.25, -0.2) is 9.59 Å². The zero-order valence-corrected chi connectivity index (χ0v) is 15.3. The molecule has 0 saturated heterocycles. The van der Waals surface area contributed by atoms with Gasteiger partial charge in [0.25, 0.3) is 0 Å². The van der Waals surface area contributed by atoms with E-state index in [1.165, 1.54) is 0 Å². The van der Waals surface area contributed by atoms with Crippen molar-refractivity contribution in [1.82, 2.24) is 5.32 Å². The smallest absolute Gasteiger partial charge is 0.408 e. The Bertz CT molecular complexity index is 450. The van der Waals surface area contributed by atoms with Crippen molar-refractivity contribution >= 4 is 18.0 Å². The minimum Gasteiger partial charge on any atom is -0.480 e. The molecule has 0 aromatic heterocycles. The van der Waals surface area contributed by atoms with Crippen LogP contribution in [0.15, 0.2) is 0 Å². The maximum atomic E-state index is 11.7. The van der Waals surface area contributed by atoms with Crippen molar-refractivity contribution in [3.63, 3.8) is 0 Å². The summed E-state index contributed by atoms with van der Waals surface area (Å²) in [7, 11) is 0. The summed E-state index contributed by atoms with van der Waals surface area (Å²) in [6, 6.07) is -1.94. The minimum atomic E-state index is -1.17. The molecule has 0 saturated carbocycles. The molecule has 0 aromatic carbocycles. The molecule has 8 heteroatoms. The molecule has 0 unspecified atom stereocenters. The summed E-state index contributed by atoms with van der Waals surface area (Å²) >= 11 is 0. The maximum absolute atomic E-state index is 11.7. The van der Waals surface area contributed by atoms with Crippen molar-refractivity contribution < 1.29 is 29.0 Å². The summed E-state index contributed by atoms with van der Waals surface area (Å²) in [5.41, 5.74) is 4.39. The molecule has 0 aliphatic heterocycles. The van der Waals surface area contributed by atoms with Crippen LogP contribution in [0.25, 0.3) is 0 Å². The lowest BCUT2D eigenvalue weighted by molar-refractivity contribution is -0.156. The number of carbonyl (C=O) groups is 3. The van der Waals surface area contributed by atoms with Gasteiger partial charge in [-0.2, -0.15) is 0 Å². The first-order chi connectivity index (χ1) is 10.7. The topological polar surface area (TPSA) is 128 Å². The summed E-state index contributed by atoms with van der Waals surface area (Å²) in [4.78, 5) is 34.6. The number of alkyl carbamates (subject to hydrolysis) is 1.